The van der Waals surface area contributed by atoms with Gasteiger partial charge in [0.1, 0.15) is 16.5 Å². The minimum atomic E-state index is -0.248. The third-order valence-electron chi connectivity index (χ3n) is 2.31. The molecule has 0 unspecified atom stereocenters. The Bertz CT molecular complexity index is 535. The van der Waals surface area contributed by atoms with Gasteiger partial charge < -0.3 is 15.5 Å². The van der Waals surface area contributed by atoms with Gasteiger partial charge in [0.2, 0.25) is 5.89 Å². The van der Waals surface area contributed by atoms with Gasteiger partial charge in [-0.15, -0.1) is 11.3 Å². The number of thiazole rings is 1. The number of amides is 1. The van der Waals surface area contributed by atoms with Crippen molar-refractivity contribution in [2.24, 2.45) is 5.73 Å². The molecular weight excluding hydrogens is 252 g/mol. The molecule has 0 atom stereocenters. The molecule has 2 aromatic rings. The predicted molar refractivity (Wildman–Crippen MR) is 67.1 cm³/mol. The summed E-state index contributed by atoms with van der Waals surface area (Å²) in [4.78, 5) is 19.9. The summed E-state index contributed by atoms with van der Waals surface area (Å²) in [7, 11) is 0. The van der Waals surface area contributed by atoms with E-state index in [0.29, 0.717) is 18.1 Å². The number of nitrogens with one attached hydrogen (secondary N) is 1. The van der Waals surface area contributed by atoms with E-state index in [0.717, 1.165) is 17.2 Å². The summed E-state index contributed by atoms with van der Waals surface area (Å²) < 4.78 is 5.38. The Hall–Kier alpha value is -1.73. The zero-order valence-corrected chi connectivity index (χ0v) is 10.8. The van der Waals surface area contributed by atoms with Crippen molar-refractivity contribution in [2.75, 3.05) is 0 Å². The van der Waals surface area contributed by atoms with Gasteiger partial charge in [-0.25, -0.2) is 9.97 Å². The normalized spacial score (nSPS) is 10.6. The van der Waals surface area contributed by atoms with Crippen molar-refractivity contribution in [3.63, 3.8) is 0 Å². The van der Waals surface area contributed by atoms with Crippen LogP contribution in [0.5, 0.6) is 0 Å². The number of hydrogen-bond acceptors (Lipinski definition) is 6. The molecule has 2 aromatic heterocycles. The van der Waals surface area contributed by atoms with Gasteiger partial charge >= 0.3 is 0 Å². The van der Waals surface area contributed by atoms with Gasteiger partial charge in [0.25, 0.3) is 5.91 Å². The minimum Gasteiger partial charge on any atom is -0.444 e. The molecule has 6 nitrogen and oxygen atoms in total. The minimum absolute atomic E-state index is 0.248. The van der Waals surface area contributed by atoms with E-state index in [1.165, 1.54) is 11.3 Å². The van der Waals surface area contributed by atoms with Gasteiger partial charge in [-0.2, -0.15) is 0 Å². The van der Waals surface area contributed by atoms with Crippen molar-refractivity contribution in [2.45, 2.75) is 26.4 Å². The standard InChI is InChI=1S/C11H14N4O2S/c1-2-7-4-13-9(17-7)5-14-11(16)8-6-18-10(3-12)15-8/h4,6H,2-3,5,12H2,1H3,(H,14,16). The highest BCUT2D eigenvalue weighted by molar-refractivity contribution is 7.09. The molecule has 7 heteroatoms. The lowest BCUT2D eigenvalue weighted by Gasteiger charge is -1.99. The van der Waals surface area contributed by atoms with Gasteiger partial charge in [0.05, 0.1) is 12.7 Å². The Labute approximate surface area is 108 Å². The maximum Gasteiger partial charge on any atom is 0.271 e. The smallest absolute Gasteiger partial charge is 0.271 e. The first-order valence-electron chi connectivity index (χ1n) is 5.59. The lowest BCUT2D eigenvalue weighted by Crippen LogP contribution is -2.23. The number of carbonyl (C=O) groups is 1. The molecule has 0 aromatic carbocycles. The first-order chi connectivity index (χ1) is 8.72. The molecule has 96 valence electrons. The van der Waals surface area contributed by atoms with Crippen LogP contribution in [0.1, 0.15) is 34.1 Å². The SMILES string of the molecule is CCc1cnc(CNC(=O)c2csc(CN)n2)o1. The van der Waals surface area contributed by atoms with Crippen LogP contribution in [-0.4, -0.2) is 15.9 Å². The molecule has 0 radical (unpaired) electrons. The quantitative estimate of drug-likeness (QED) is 0.844. The second kappa shape index (κ2) is 5.74. The molecule has 0 bridgehead atoms. The first kappa shape index (κ1) is 12.7. The highest BCUT2D eigenvalue weighted by atomic mass is 32.1. The number of rotatable bonds is 5. The highest BCUT2D eigenvalue weighted by Gasteiger charge is 2.11. The molecule has 0 aliphatic carbocycles. The summed E-state index contributed by atoms with van der Waals surface area (Å²) in [5.41, 5.74) is 5.82. The number of aryl methyl sites for hydroxylation is 1. The van der Waals surface area contributed by atoms with Crippen molar-refractivity contribution in [3.8, 4) is 0 Å². The lowest BCUT2D eigenvalue weighted by molar-refractivity contribution is 0.0942. The van der Waals surface area contributed by atoms with Gasteiger partial charge in [-0.05, 0) is 0 Å². The van der Waals surface area contributed by atoms with Crippen molar-refractivity contribution >= 4 is 17.2 Å². The molecule has 0 spiro atoms. The molecule has 0 saturated heterocycles. The molecule has 0 aliphatic rings. The molecule has 1 amide bonds. The fourth-order valence-electron chi connectivity index (χ4n) is 1.35. The number of oxazole rings is 1. The van der Waals surface area contributed by atoms with Gasteiger partial charge in [-0.1, -0.05) is 6.92 Å². The van der Waals surface area contributed by atoms with E-state index in [9.17, 15) is 4.79 Å². The fourth-order valence-corrected chi connectivity index (χ4v) is 2.00. The summed E-state index contributed by atoms with van der Waals surface area (Å²) in [6, 6.07) is 0. The second-order valence-electron chi connectivity index (χ2n) is 3.59. The van der Waals surface area contributed by atoms with Crippen LogP contribution in [0.4, 0.5) is 0 Å². The van der Waals surface area contributed by atoms with E-state index < -0.39 is 0 Å². The summed E-state index contributed by atoms with van der Waals surface area (Å²) in [5, 5.41) is 5.12. The summed E-state index contributed by atoms with van der Waals surface area (Å²) in [5.74, 6) is 1.05. The van der Waals surface area contributed by atoms with Crippen LogP contribution in [0.25, 0.3) is 0 Å². The highest BCUT2D eigenvalue weighted by Crippen LogP contribution is 2.09. The van der Waals surface area contributed by atoms with Crippen molar-refractivity contribution in [1.29, 1.82) is 0 Å². The molecule has 18 heavy (non-hydrogen) atoms. The van der Waals surface area contributed by atoms with Gasteiger partial charge in [0, 0.05) is 18.3 Å². The Balaban J connectivity index is 1.91. The van der Waals surface area contributed by atoms with Crippen LogP contribution >= 0.6 is 11.3 Å². The number of nitrogens with zero attached hydrogens (tertiary/aromatic N) is 2. The third-order valence-corrected chi connectivity index (χ3v) is 3.18. The maximum atomic E-state index is 11.7. The molecule has 0 fully saturated rings. The Kier molecular flexibility index (Phi) is 4.06. The van der Waals surface area contributed by atoms with Crippen LogP contribution < -0.4 is 11.1 Å². The Morgan fingerprint density at radius 1 is 1.61 bits per heavy atom. The van der Waals surface area contributed by atoms with E-state index in [2.05, 4.69) is 15.3 Å². The topological polar surface area (TPSA) is 94.0 Å². The largest absolute Gasteiger partial charge is 0.444 e. The van der Waals surface area contributed by atoms with Crippen molar-refractivity contribution in [1.82, 2.24) is 15.3 Å². The summed E-state index contributed by atoms with van der Waals surface area (Å²) in [6.07, 6.45) is 2.45. The van der Waals surface area contributed by atoms with Crippen LogP contribution in [-0.2, 0) is 19.5 Å². The van der Waals surface area contributed by atoms with E-state index in [1.54, 1.807) is 11.6 Å². The molecule has 0 aliphatic heterocycles. The monoisotopic (exact) mass is 266 g/mol. The molecule has 2 rings (SSSR count). The second-order valence-corrected chi connectivity index (χ2v) is 4.53. The van der Waals surface area contributed by atoms with E-state index >= 15 is 0 Å². The fraction of sp³-hybridized carbons (Fsp3) is 0.364. The molecule has 3 N–H and O–H groups in total. The summed E-state index contributed by atoms with van der Waals surface area (Å²) >= 11 is 1.37. The van der Waals surface area contributed by atoms with Crippen LogP contribution in [0, 0.1) is 0 Å². The molecular formula is C11H14N4O2S. The average molecular weight is 266 g/mol. The zero-order valence-electron chi connectivity index (χ0n) is 9.97. The number of aromatic nitrogens is 2. The zero-order chi connectivity index (χ0) is 13.0. The summed E-state index contributed by atoms with van der Waals surface area (Å²) in [6.45, 7) is 2.58. The average Bonchev–Trinajstić information content (AvgIpc) is 3.04. The maximum absolute atomic E-state index is 11.7. The number of nitrogens with two attached hydrogens (primary N) is 1. The van der Waals surface area contributed by atoms with Crippen molar-refractivity contribution < 1.29 is 9.21 Å². The van der Waals surface area contributed by atoms with Crippen molar-refractivity contribution in [3.05, 3.63) is 33.9 Å². The first-order valence-corrected chi connectivity index (χ1v) is 6.47. The third kappa shape index (κ3) is 2.93. The van der Waals surface area contributed by atoms with E-state index in [-0.39, 0.29) is 12.5 Å². The predicted octanol–water partition coefficient (Wildman–Crippen LogP) is 1.08. The van der Waals surface area contributed by atoms with Gasteiger partial charge in [0.15, 0.2) is 0 Å². The molecule has 0 saturated carbocycles. The number of carbonyl (C=O) groups excluding carboxylic acids is 1. The lowest BCUT2D eigenvalue weighted by atomic mass is 10.4. The number of hydrogen-bond donors (Lipinski definition) is 2. The van der Waals surface area contributed by atoms with Crippen LogP contribution in [0.3, 0.4) is 0 Å². The Morgan fingerprint density at radius 2 is 2.44 bits per heavy atom. The Morgan fingerprint density at radius 3 is 3.06 bits per heavy atom. The van der Waals surface area contributed by atoms with E-state index in [4.69, 9.17) is 10.2 Å². The van der Waals surface area contributed by atoms with E-state index in [1.807, 2.05) is 6.92 Å². The van der Waals surface area contributed by atoms with Crippen LogP contribution in [0.15, 0.2) is 16.0 Å². The van der Waals surface area contributed by atoms with Crippen LogP contribution in [0.2, 0.25) is 0 Å². The molecule has 2 heterocycles. The van der Waals surface area contributed by atoms with Gasteiger partial charge in [-0.3, -0.25) is 4.79 Å².